The summed E-state index contributed by atoms with van der Waals surface area (Å²) in [5, 5.41) is 6.04. The lowest BCUT2D eigenvalue weighted by Crippen LogP contribution is -2.44. The summed E-state index contributed by atoms with van der Waals surface area (Å²) in [7, 11) is 5.38. The number of guanidine groups is 1. The summed E-state index contributed by atoms with van der Waals surface area (Å²) in [6.07, 6.45) is 3.38. The minimum Gasteiger partial charge on any atom is -0.497 e. The third-order valence-corrected chi connectivity index (χ3v) is 4.84. The molecule has 1 heterocycles. The fourth-order valence-electron chi connectivity index (χ4n) is 3.07. The van der Waals surface area contributed by atoms with E-state index in [1.54, 1.807) is 14.2 Å². The Bertz CT molecular complexity index is 598. The van der Waals surface area contributed by atoms with Crippen LogP contribution in [-0.2, 0) is 16.1 Å². The molecule has 0 saturated carbocycles. The van der Waals surface area contributed by atoms with Gasteiger partial charge in [-0.3, -0.25) is 9.79 Å². The van der Waals surface area contributed by atoms with Crippen LogP contribution in [0.4, 0.5) is 0 Å². The molecule has 0 aromatic heterocycles. The minimum absolute atomic E-state index is 0.0650. The molecule has 0 aliphatic carbocycles. The van der Waals surface area contributed by atoms with Gasteiger partial charge in [-0.1, -0.05) is 12.1 Å². The molecule has 2 N–H and O–H groups in total. The number of nitrogens with zero attached hydrogens (tertiary/aromatic N) is 2. The average molecular weight is 377 g/mol. The van der Waals surface area contributed by atoms with E-state index >= 15 is 0 Å². The zero-order chi connectivity index (χ0) is 19.5. The van der Waals surface area contributed by atoms with Crippen molar-refractivity contribution in [3.05, 3.63) is 29.8 Å². The van der Waals surface area contributed by atoms with E-state index in [0.717, 1.165) is 56.3 Å². The summed E-state index contributed by atoms with van der Waals surface area (Å²) >= 11 is 0. The van der Waals surface area contributed by atoms with Crippen LogP contribution >= 0.6 is 0 Å². The molecule has 1 saturated heterocycles. The van der Waals surface area contributed by atoms with Gasteiger partial charge in [0.15, 0.2) is 5.96 Å². The number of hydrogen-bond donors (Lipinski definition) is 2. The molecular formula is C20H32N4O3. The first-order valence-corrected chi connectivity index (χ1v) is 9.51. The molecule has 7 heteroatoms. The van der Waals surface area contributed by atoms with Crippen LogP contribution in [0.1, 0.15) is 24.8 Å². The maximum absolute atomic E-state index is 12.1. The number of carbonyl (C=O) groups is 1. The van der Waals surface area contributed by atoms with Crippen LogP contribution in [0.25, 0.3) is 0 Å². The molecule has 0 radical (unpaired) electrons. The molecule has 7 nitrogen and oxygen atoms in total. The number of aliphatic imine (C=N–C) groups is 1. The molecule has 0 bridgehead atoms. The lowest BCUT2D eigenvalue weighted by molar-refractivity contribution is -0.120. The molecule has 0 atom stereocenters. The van der Waals surface area contributed by atoms with Crippen LogP contribution < -0.4 is 15.4 Å². The van der Waals surface area contributed by atoms with Crippen molar-refractivity contribution in [2.45, 2.75) is 25.8 Å². The van der Waals surface area contributed by atoms with E-state index in [2.05, 4.69) is 20.5 Å². The highest BCUT2D eigenvalue weighted by Crippen LogP contribution is 2.18. The first-order valence-electron chi connectivity index (χ1n) is 9.51. The highest BCUT2D eigenvalue weighted by Gasteiger charge is 2.15. The predicted molar refractivity (Wildman–Crippen MR) is 107 cm³/mol. The van der Waals surface area contributed by atoms with Gasteiger partial charge in [-0.15, -0.1) is 0 Å². The number of benzene rings is 1. The van der Waals surface area contributed by atoms with E-state index in [1.165, 1.54) is 0 Å². The monoisotopic (exact) mass is 376 g/mol. The quantitative estimate of drug-likeness (QED) is 0.533. The third kappa shape index (κ3) is 7.46. The summed E-state index contributed by atoms with van der Waals surface area (Å²) in [5.41, 5.74) is 1.03. The molecule has 1 aliphatic heterocycles. The highest BCUT2D eigenvalue weighted by atomic mass is 16.5. The summed E-state index contributed by atoms with van der Waals surface area (Å²) < 4.78 is 10.5. The number of methoxy groups -OCH3 is 1. The van der Waals surface area contributed by atoms with Gasteiger partial charge in [-0.05, 0) is 42.9 Å². The number of rotatable bonds is 8. The lowest BCUT2D eigenvalue weighted by atomic mass is 9.96. The fraction of sp³-hybridized carbons (Fsp3) is 0.600. The summed E-state index contributed by atoms with van der Waals surface area (Å²) in [6, 6.07) is 7.65. The Hall–Kier alpha value is -2.28. The van der Waals surface area contributed by atoms with Crippen molar-refractivity contribution in [2.24, 2.45) is 10.9 Å². The van der Waals surface area contributed by atoms with Crippen molar-refractivity contribution in [2.75, 3.05) is 47.5 Å². The van der Waals surface area contributed by atoms with E-state index in [9.17, 15) is 4.79 Å². The number of ether oxygens (including phenoxy) is 2. The van der Waals surface area contributed by atoms with Gasteiger partial charge in [0.2, 0.25) is 5.91 Å². The van der Waals surface area contributed by atoms with Crippen molar-refractivity contribution in [3.8, 4) is 5.75 Å². The van der Waals surface area contributed by atoms with Crippen LogP contribution in [0, 0.1) is 5.92 Å². The summed E-state index contributed by atoms with van der Waals surface area (Å²) in [6.45, 7) is 3.34. The smallest absolute Gasteiger partial charge is 0.239 e. The Morgan fingerprint density at radius 2 is 1.96 bits per heavy atom. The van der Waals surface area contributed by atoms with Crippen LogP contribution in [-0.4, -0.2) is 64.3 Å². The third-order valence-electron chi connectivity index (χ3n) is 4.84. The van der Waals surface area contributed by atoms with E-state index < -0.39 is 0 Å². The first kappa shape index (κ1) is 21.0. The second kappa shape index (κ2) is 11.4. The normalized spacial score (nSPS) is 15.3. The molecule has 27 heavy (non-hydrogen) atoms. The van der Waals surface area contributed by atoms with E-state index in [4.69, 9.17) is 9.47 Å². The van der Waals surface area contributed by atoms with Crippen molar-refractivity contribution >= 4 is 11.9 Å². The van der Waals surface area contributed by atoms with Crippen LogP contribution in [0.3, 0.4) is 0 Å². The second-order valence-electron chi connectivity index (χ2n) is 6.79. The van der Waals surface area contributed by atoms with Gasteiger partial charge in [0.1, 0.15) is 5.75 Å². The van der Waals surface area contributed by atoms with Gasteiger partial charge >= 0.3 is 0 Å². The van der Waals surface area contributed by atoms with Gasteiger partial charge in [0, 0.05) is 40.4 Å². The van der Waals surface area contributed by atoms with Crippen molar-refractivity contribution < 1.29 is 14.3 Å². The molecule has 1 aromatic rings. The molecular weight excluding hydrogens is 344 g/mol. The zero-order valence-corrected chi connectivity index (χ0v) is 16.7. The summed E-state index contributed by atoms with van der Waals surface area (Å²) in [5.74, 6) is 2.19. The second-order valence-corrected chi connectivity index (χ2v) is 6.79. The molecule has 0 unspecified atom stereocenters. The van der Waals surface area contributed by atoms with Crippen LogP contribution in [0.2, 0.25) is 0 Å². The predicted octanol–water partition coefficient (Wildman–Crippen LogP) is 1.64. The standard InChI is InChI=1S/C20H32N4O3/c1-21-20(24(2)11-8-16-9-12-27-13-10-16)23-15-19(25)22-14-17-4-6-18(26-3)7-5-17/h4-7,16H,8-15H2,1-3H3,(H,21,23)(H,22,25). The largest absolute Gasteiger partial charge is 0.497 e. The maximum atomic E-state index is 12.1. The van der Waals surface area contributed by atoms with Gasteiger partial charge in [-0.25, -0.2) is 0 Å². The zero-order valence-electron chi connectivity index (χ0n) is 16.7. The highest BCUT2D eigenvalue weighted by molar-refractivity contribution is 5.86. The SMILES string of the molecule is CN=C(NCC(=O)NCc1ccc(OC)cc1)N(C)CCC1CCOCC1. The molecule has 2 rings (SSSR count). The number of nitrogens with one attached hydrogen (secondary N) is 2. The van der Waals surface area contributed by atoms with E-state index in [1.807, 2.05) is 31.3 Å². The number of hydrogen-bond acceptors (Lipinski definition) is 4. The average Bonchev–Trinajstić information content (AvgIpc) is 2.72. The van der Waals surface area contributed by atoms with Gasteiger partial charge < -0.3 is 25.0 Å². The molecule has 1 amide bonds. The van der Waals surface area contributed by atoms with Crippen molar-refractivity contribution in [3.63, 3.8) is 0 Å². The summed E-state index contributed by atoms with van der Waals surface area (Å²) in [4.78, 5) is 18.5. The molecule has 1 fully saturated rings. The van der Waals surface area contributed by atoms with E-state index in [-0.39, 0.29) is 12.5 Å². The Morgan fingerprint density at radius 3 is 2.59 bits per heavy atom. The first-order chi connectivity index (χ1) is 13.1. The van der Waals surface area contributed by atoms with Gasteiger partial charge in [0.25, 0.3) is 0 Å². The van der Waals surface area contributed by atoms with Crippen LogP contribution in [0.5, 0.6) is 5.75 Å². The Morgan fingerprint density at radius 1 is 1.26 bits per heavy atom. The fourth-order valence-corrected chi connectivity index (χ4v) is 3.07. The lowest BCUT2D eigenvalue weighted by Gasteiger charge is -2.26. The maximum Gasteiger partial charge on any atom is 0.239 e. The van der Waals surface area contributed by atoms with Crippen molar-refractivity contribution in [1.82, 2.24) is 15.5 Å². The molecule has 0 spiro atoms. The molecule has 1 aromatic carbocycles. The number of carbonyl (C=O) groups excluding carboxylic acids is 1. The van der Waals surface area contributed by atoms with Crippen LogP contribution in [0.15, 0.2) is 29.3 Å². The van der Waals surface area contributed by atoms with Gasteiger partial charge in [0.05, 0.1) is 13.7 Å². The van der Waals surface area contributed by atoms with Gasteiger partial charge in [-0.2, -0.15) is 0 Å². The minimum atomic E-state index is -0.0650. The molecule has 150 valence electrons. The molecule has 1 aliphatic rings. The Balaban J connectivity index is 1.67. The Kier molecular flexibility index (Phi) is 8.91. The topological polar surface area (TPSA) is 75.2 Å². The van der Waals surface area contributed by atoms with Crippen molar-refractivity contribution in [1.29, 1.82) is 0 Å². The van der Waals surface area contributed by atoms with E-state index in [0.29, 0.717) is 12.5 Å². The number of amides is 1. The Labute approximate surface area is 162 Å².